The lowest BCUT2D eigenvalue weighted by Crippen LogP contribution is -2.39. The molecule has 0 bridgehead atoms. The maximum Gasteiger partial charge on any atom is 0.416 e. The first-order chi connectivity index (χ1) is 14.0. The second kappa shape index (κ2) is 7.54. The van der Waals surface area contributed by atoms with Crippen LogP contribution in [0.4, 0.5) is 13.2 Å². The first-order valence-corrected chi connectivity index (χ1v) is 11.8. The molecule has 3 heterocycles. The monoisotopic (exact) mass is 473 g/mol. The Labute approximate surface area is 179 Å². The first-order valence-electron chi connectivity index (χ1n) is 8.78. The van der Waals surface area contributed by atoms with Crippen LogP contribution < -0.4 is 0 Å². The molecule has 0 radical (unpaired) electrons. The highest BCUT2D eigenvalue weighted by molar-refractivity contribution is 8.26. The normalized spacial score (nSPS) is 23.0. The summed E-state index contributed by atoms with van der Waals surface area (Å²) >= 11 is 6.32. The van der Waals surface area contributed by atoms with Gasteiger partial charge in [0, 0.05) is 11.6 Å². The summed E-state index contributed by atoms with van der Waals surface area (Å²) in [5.74, 6) is 0.241. The topological polar surface area (TPSA) is 67.6 Å². The molecule has 30 heavy (non-hydrogen) atoms. The number of nitrogens with zero attached hydrogens (tertiary/aromatic N) is 1. The van der Waals surface area contributed by atoms with Crippen molar-refractivity contribution in [1.29, 1.82) is 0 Å². The molecule has 2 saturated heterocycles. The van der Waals surface area contributed by atoms with Gasteiger partial charge in [-0.15, -0.1) is 0 Å². The number of halogens is 3. The number of sulfone groups is 1. The highest BCUT2D eigenvalue weighted by Gasteiger charge is 2.42. The largest absolute Gasteiger partial charge is 0.457 e. The lowest BCUT2D eigenvalue weighted by atomic mass is 10.1. The number of hydrogen-bond donors (Lipinski definition) is 0. The van der Waals surface area contributed by atoms with Gasteiger partial charge in [-0.3, -0.25) is 9.69 Å². The van der Waals surface area contributed by atoms with E-state index >= 15 is 0 Å². The van der Waals surface area contributed by atoms with E-state index in [1.807, 2.05) is 0 Å². The number of hydrogen-bond acceptors (Lipinski definition) is 6. The van der Waals surface area contributed by atoms with Gasteiger partial charge in [-0.25, -0.2) is 8.42 Å². The Kier molecular flexibility index (Phi) is 5.31. The van der Waals surface area contributed by atoms with Crippen LogP contribution in [-0.2, 0) is 20.8 Å². The van der Waals surface area contributed by atoms with Gasteiger partial charge in [0.15, 0.2) is 9.84 Å². The van der Waals surface area contributed by atoms with Crippen molar-refractivity contribution < 1.29 is 30.8 Å². The van der Waals surface area contributed by atoms with E-state index in [4.69, 9.17) is 16.6 Å². The van der Waals surface area contributed by atoms with E-state index in [-0.39, 0.29) is 17.4 Å². The zero-order valence-electron chi connectivity index (χ0n) is 15.2. The fraction of sp³-hybridized carbons (Fsp3) is 0.263. The minimum absolute atomic E-state index is 0.0302. The summed E-state index contributed by atoms with van der Waals surface area (Å²) in [6, 6.07) is 7.29. The third-order valence-corrected chi connectivity index (χ3v) is 7.87. The number of thioether (sulfide) groups is 1. The summed E-state index contributed by atoms with van der Waals surface area (Å²) in [7, 11) is -3.17. The molecule has 0 spiro atoms. The molecule has 2 aromatic rings. The van der Waals surface area contributed by atoms with Crippen molar-refractivity contribution >= 4 is 50.1 Å². The Balaban J connectivity index is 1.53. The quantitative estimate of drug-likeness (QED) is 0.488. The minimum atomic E-state index is -4.42. The number of rotatable bonds is 3. The smallest absolute Gasteiger partial charge is 0.416 e. The summed E-state index contributed by atoms with van der Waals surface area (Å²) in [5, 5.41) is 0. The molecule has 0 saturated carbocycles. The third-order valence-electron chi connectivity index (χ3n) is 4.79. The second-order valence-corrected chi connectivity index (χ2v) is 10.8. The van der Waals surface area contributed by atoms with Gasteiger partial charge in [-0.05, 0) is 30.7 Å². The molecule has 1 unspecified atom stereocenters. The van der Waals surface area contributed by atoms with Gasteiger partial charge < -0.3 is 4.42 Å². The van der Waals surface area contributed by atoms with Crippen LogP contribution in [0.3, 0.4) is 0 Å². The Morgan fingerprint density at radius 3 is 2.47 bits per heavy atom. The SMILES string of the molecule is O=C1/C(=C\c2ccc(-c3ccc(C(F)(F)F)cc3)o2)SC(=S)N1C1CCS(=O)(=O)C1. The predicted molar refractivity (Wildman–Crippen MR) is 111 cm³/mol. The molecule has 158 valence electrons. The van der Waals surface area contributed by atoms with E-state index in [9.17, 15) is 26.4 Å². The van der Waals surface area contributed by atoms with Crippen LogP contribution in [0, 0.1) is 0 Å². The van der Waals surface area contributed by atoms with Gasteiger partial charge in [-0.2, -0.15) is 13.2 Å². The van der Waals surface area contributed by atoms with Crippen LogP contribution >= 0.6 is 24.0 Å². The van der Waals surface area contributed by atoms with Crippen LogP contribution in [0.15, 0.2) is 45.7 Å². The average molecular weight is 474 g/mol. The van der Waals surface area contributed by atoms with Crippen molar-refractivity contribution in [3.05, 3.63) is 52.6 Å². The van der Waals surface area contributed by atoms with Crippen LogP contribution in [0.2, 0.25) is 0 Å². The zero-order chi connectivity index (χ0) is 21.7. The molecule has 2 aliphatic heterocycles. The van der Waals surface area contributed by atoms with Gasteiger partial charge in [0.05, 0.1) is 28.0 Å². The van der Waals surface area contributed by atoms with E-state index in [0.717, 1.165) is 23.9 Å². The van der Waals surface area contributed by atoms with Gasteiger partial charge in [0.25, 0.3) is 5.91 Å². The first kappa shape index (κ1) is 21.1. The van der Waals surface area contributed by atoms with Crippen molar-refractivity contribution in [1.82, 2.24) is 4.90 Å². The van der Waals surface area contributed by atoms with Crippen molar-refractivity contribution in [2.75, 3.05) is 11.5 Å². The van der Waals surface area contributed by atoms with E-state index in [1.54, 1.807) is 12.1 Å². The standard InChI is InChI=1S/C19H14F3NO4S3/c20-19(21,22)12-3-1-11(2-4-12)15-6-5-14(27-15)9-16-17(24)23(18(28)29-16)13-7-8-30(25,26)10-13/h1-6,9,13H,7-8,10H2/b16-9+. The molecular formula is C19H14F3NO4S3. The molecule has 5 nitrogen and oxygen atoms in total. The van der Waals surface area contributed by atoms with E-state index in [1.165, 1.54) is 23.1 Å². The molecule has 1 atom stereocenters. The highest BCUT2D eigenvalue weighted by Crippen LogP contribution is 2.37. The molecule has 1 aromatic heterocycles. The second-order valence-electron chi connectivity index (χ2n) is 6.89. The molecule has 0 N–H and O–H groups in total. The number of carbonyl (C=O) groups is 1. The molecule has 1 amide bonds. The van der Waals surface area contributed by atoms with Gasteiger partial charge >= 0.3 is 6.18 Å². The lowest BCUT2D eigenvalue weighted by molar-refractivity contribution is -0.137. The number of thiocarbonyl (C=S) groups is 1. The summed E-state index contributed by atoms with van der Waals surface area (Å²) in [5.41, 5.74) is -0.290. The van der Waals surface area contributed by atoms with E-state index in [0.29, 0.717) is 32.7 Å². The summed E-state index contributed by atoms with van der Waals surface area (Å²) in [4.78, 5) is 14.4. The highest BCUT2D eigenvalue weighted by atomic mass is 32.2. The number of carbonyl (C=O) groups excluding carboxylic acids is 1. The number of alkyl halides is 3. The lowest BCUT2D eigenvalue weighted by Gasteiger charge is -2.20. The molecule has 0 aliphatic carbocycles. The van der Waals surface area contributed by atoms with Crippen molar-refractivity contribution in [2.45, 2.75) is 18.6 Å². The van der Waals surface area contributed by atoms with E-state index in [2.05, 4.69) is 0 Å². The Hall–Kier alpha value is -2.11. The summed E-state index contributed by atoms with van der Waals surface area (Å²) in [6.45, 7) is 0. The third kappa shape index (κ3) is 4.19. The molecular weight excluding hydrogens is 459 g/mol. The number of furan rings is 1. The predicted octanol–water partition coefficient (Wildman–Crippen LogP) is 4.35. The van der Waals surface area contributed by atoms with Crippen LogP contribution in [-0.4, -0.2) is 41.1 Å². The Morgan fingerprint density at radius 1 is 1.17 bits per heavy atom. The maximum atomic E-state index is 12.7. The van der Waals surface area contributed by atoms with Gasteiger partial charge in [-0.1, -0.05) is 36.1 Å². The molecule has 11 heteroatoms. The fourth-order valence-electron chi connectivity index (χ4n) is 3.31. The fourth-order valence-corrected chi connectivity index (χ4v) is 6.39. The minimum Gasteiger partial charge on any atom is -0.457 e. The number of amides is 1. The zero-order valence-corrected chi connectivity index (χ0v) is 17.6. The summed E-state index contributed by atoms with van der Waals surface area (Å²) < 4.78 is 67.5. The van der Waals surface area contributed by atoms with Gasteiger partial charge in [0.1, 0.15) is 15.8 Å². The van der Waals surface area contributed by atoms with E-state index < -0.39 is 27.6 Å². The number of benzene rings is 1. The Morgan fingerprint density at radius 2 is 1.87 bits per heavy atom. The molecule has 2 fully saturated rings. The van der Waals surface area contributed by atoms with Crippen LogP contribution in [0.25, 0.3) is 17.4 Å². The van der Waals surface area contributed by atoms with Crippen molar-refractivity contribution in [3.63, 3.8) is 0 Å². The van der Waals surface area contributed by atoms with Crippen LogP contribution in [0.1, 0.15) is 17.7 Å². The average Bonchev–Trinajstić information content (AvgIpc) is 3.33. The van der Waals surface area contributed by atoms with Gasteiger partial charge in [0.2, 0.25) is 0 Å². The van der Waals surface area contributed by atoms with Crippen molar-refractivity contribution in [2.24, 2.45) is 0 Å². The molecule has 4 rings (SSSR count). The maximum absolute atomic E-state index is 12.7. The summed E-state index contributed by atoms with van der Waals surface area (Å²) in [6.07, 6.45) is -2.57. The van der Waals surface area contributed by atoms with Crippen LogP contribution in [0.5, 0.6) is 0 Å². The van der Waals surface area contributed by atoms with Crippen molar-refractivity contribution in [3.8, 4) is 11.3 Å². The Bertz CT molecular complexity index is 1150. The molecule has 2 aliphatic rings. The molecule has 1 aromatic carbocycles.